The molecule has 0 N–H and O–H groups in total. The van der Waals surface area contributed by atoms with Gasteiger partial charge in [-0.2, -0.15) is 0 Å². The second-order valence-corrected chi connectivity index (χ2v) is 8.95. The maximum atomic E-state index is 6.19. The van der Waals surface area contributed by atoms with E-state index in [2.05, 4.69) is 46.8 Å². The van der Waals surface area contributed by atoms with Crippen LogP contribution in [0.4, 0.5) is 0 Å². The molecule has 7 heteroatoms. The lowest BCUT2D eigenvalue weighted by Gasteiger charge is -2.12. The molecule has 0 saturated carbocycles. The van der Waals surface area contributed by atoms with Crippen LogP contribution in [0, 0.1) is 13.8 Å². The highest BCUT2D eigenvalue weighted by Gasteiger charge is 2.16. The molecule has 158 valence electrons. The van der Waals surface area contributed by atoms with Crippen LogP contribution in [-0.4, -0.2) is 27.1 Å². The Bertz CT molecular complexity index is 1190. The Morgan fingerprint density at radius 1 is 0.903 bits per heavy atom. The van der Waals surface area contributed by atoms with Gasteiger partial charge in [-0.1, -0.05) is 71.4 Å². The molecular weight excluding hydrogens is 449 g/mol. The Hall–Kier alpha value is -2.47. The first-order chi connectivity index (χ1) is 15.0. The van der Waals surface area contributed by atoms with E-state index < -0.39 is 0 Å². The Labute approximate surface area is 196 Å². The van der Waals surface area contributed by atoms with Gasteiger partial charge in [-0.3, -0.25) is 4.57 Å². The Morgan fingerprint density at radius 3 is 2.45 bits per heavy atom. The highest BCUT2D eigenvalue weighted by atomic mass is 35.5. The number of aryl methyl sites for hydroxylation is 2. The number of ether oxygens (including phenoxy) is 1. The van der Waals surface area contributed by atoms with Gasteiger partial charge in [0, 0.05) is 16.3 Å². The van der Waals surface area contributed by atoms with Gasteiger partial charge in [-0.25, -0.2) is 0 Å². The summed E-state index contributed by atoms with van der Waals surface area (Å²) in [5, 5.41) is 10.9. The zero-order valence-corrected chi connectivity index (χ0v) is 19.5. The van der Waals surface area contributed by atoms with Gasteiger partial charge in [0.15, 0.2) is 11.0 Å². The third kappa shape index (κ3) is 5.06. The zero-order valence-electron chi connectivity index (χ0n) is 17.2. The standard InChI is InChI=1S/C24H21Cl2N3OS/c1-16-8-10-20(14-17(16)2)29-23(18-6-4-3-5-7-18)27-28-24(29)31-13-12-30-22-11-9-19(25)15-21(22)26/h3-11,14-15H,12-13H2,1-2H3. The van der Waals surface area contributed by atoms with Crippen LogP contribution in [0.2, 0.25) is 10.0 Å². The third-order valence-electron chi connectivity index (χ3n) is 4.88. The summed E-state index contributed by atoms with van der Waals surface area (Å²) in [4.78, 5) is 0. The van der Waals surface area contributed by atoms with Crippen LogP contribution in [-0.2, 0) is 0 Å². The maximum Gasteiger partial charge on any atom is 0.196 e. The minimum atomic E-state index is 0.479. The molecule has 1 aromatic heterocycles. The van der Waals surface area contributed by atoms with Gasteiger partial charge in [-0.05, 0) is 55.3 Å². The van der Waals surface area contributed by atoms with Crippen molar-refractivity contribution in [2.45, 2.75) is 19.0 Å². The van der Waals surface area contributed by atoms with Gasteiger partial charge < -0.3 is 4.74 Å². The molecule has 0 radical (unpaired) electrons. The number of nitrogens with zero attached hydrogens (tertiary/aromatic N) is 3. The third-order valence-corrected chi connectivity index (χ3v) is 6.30. The predicted octanol–water partition coefficient (Wildman–Crippen LogP) is 7.03. The molecule has 0 atom stereocenters. The molecule has 4 rings (SSSR count). The summed E-state index contributed by atoms with van der Waals surface area (Å²) in [7, 11) is 0. The summed E-state index contributed by atoms with van der Waals surface area (Å²) >= 11 is 13.7. The lowest BCUT2D eigenvalue weighted by molar-refractivity contribution is 0.344. The molecule has 0 spiro atoms. The first kappa shape index (κ1) is 21.8. The van der Waals surface area contributed by atoms with E-state index in [4.69, 9.17) is 27.9 Å². The van der Waals surface area contributed by atoms with Crippen LogP contribution >= 0.6 is 35.0 Å². The van der Waals surface area contributed by atoms with Crippen molar-refractivity contribution in [1.82, 2.24) is 14.8 Å². The minimum Gasteiger partial charge on any atom is -0.491 e. The summed E-state index contributed by atoms with van der Waals surface area (Å²) in [5.74, 6) is 2.12. The monoisotopic (exact) mass is 469 g/mol. The molecule has 4 nitrogen and oxygen atoms in total. The Balaban J connectivity index is 1.57. The molecule has 0 saturated heterocycles. The van der Waals surface area contributed by atoms with E-state index in [1.807, 2.05) is 30.3 Å². The highest BCUT2D eigenvalue weighted by Crippen LogP contribution is 2.30. The van der Waals surface area contributed by atoms with Crippen molar-refractivity contribution >= 4 is 35.0 Å². The molecule has 0 aliphatic carbocycles. The van der Waals surface area contributed by atoms with Crippen molar-refractivity contribution in [2.75, 3.05) is 12.4 Å². The van der Waals surface area contributed by atoms with E-state index >= 15 is 0 Å². The van der Waals surface area contributed by atoms with Crippen LogP contribution in [0.5, 0.6) is 5.75 Å². The molecule has 0 bridgehead atoms. The number of rotatable bonds is 7. The van der Waals surface area contributed by atoms with Gasteiger partial charge in [0.25, 0.3) is 0 Å². The van der Waals surface area contributed by atoms with Crippen molar-refractivity contribution < 1.29 is 4.74 Å². The molecule has 3 aromatic carbocycles. The lowest BCUT2D eigenvalue weighted by atomic mass is 10.1. The van der Waals surface area contributed by atoms with Crippen LogP contribution in [0.3, 0.4) is 0 Å². The van der Waals surface area contributed by atoms with Crippen LogP contribution in [0.1, 0.15) is 11.1 Å². The topological polar surface area (TPSA) is 39.9 Å². The van der Waals surface area contributed by atoms with Crippen LogP contribution < -0.4 is 4.74 Å². The number of hydrogen-bond acceptors (Lipinski definition) is 4. The van der Waals surface area contributed by atoms with Gasteiger partial charge in [0.05, 0.1) is 17.3 Å². The Morgan fingerprint density at radius 2 is 1.71 bits per heavy atom. The number of benzene rings is 3. The summed E-state index contributed by atoms with van der Waals surface area (Å²) in [6.45, 7) is 4.70. The SMILES string of the molecule is Cc1ccc(-n2c(SCCOc3ccc(Cl)cc3Cl)nnc2-c2ccccc2)cc1C. The molecule has 0 aliphatic heterocycles. The molecule has 31 heavy (non-hydrogen) atoms. The second kappa shape index (κ2) is 9.77. The van der Waals surface area contributed by atoms with Crippen LogP contribution in [0.25, 0.3) is 17.1 Å². The number of halogens is 2. The average molecular weight is 470 g/mol. The molecule has 0 amide bonds. The smallest absolute Gasteiger partial charge is 0.196 e. The van der Waals surface area contributed by atoms with Crippen molar-refractivity contribution in [3.8, 4) is 22.8 Å². The van der Waals surface area contributed by atoms with Crippen molar-refractivity contribution in [1.29, 1.82) is 0 Å². The van der Waals surface area contributed by atoms with E-state index in [-0.39, 0.29) is 0 Å². The molecular formula is C24H21Cl2N3OS. The highest BCUT2D eigenvalue weighted by molar-refractivity contribution is 7.99. The van der Waals surface area contributed by atoms with Gasteiger partial charge in [0.2, 0.25) is 0 Å². The first-order valence-electron chi connectivity index (χ1n) is 9.82. The fraction of sp³-hybridized carbons (Fsp3) is 0.167. The van der Waals surface area contributed by atoms with E-state index in [1.54, 1.807) is 30.0 Å². The van der Waals surface area contributed by atoms with Crippen molar-refractivity contribution in [2.24, 2.45) is 0 Å². The largest absolute Gasteiger partial charge is 0.491 e. The summed E-state index contributed by atoms with van der Waals surface area (Å²) < 4.78 is 7.92. The lowest BCUT2D eigenvalue weighted by Crippen LogP contribution is -2.04. The quantitative estimate of drug-likeness (QED) is 0.215. The molecule has 0 aliphatic rings. The zero-order chi connectivity index (χ0) is 21.8. The molecule has 0 unspecified atom stereocenters. The van der Waals surface area contributed by atoms with Gasteiger partial charge in [0.1, 0.15) is 5.75 Å². The van der Waals surface area contributed by atoms with Crippen LogP contribution in [0.15, 0.2) is 71.9 Å². The Kier molecular flexibility index (Phi) is 6.86. The van der Waals surface area contributed by atoms with E-state index in [0.717, 1.165) is 22.2 Å². The fourth-order valence-electron chi connectivity index (χ4n) is 3.11. The van der Waals surface area contributed by atoms with E-state index in [1.165, 1.54) is 11.1 Å². The van der Waals surface area contributed by atoms with E-state index in [9.17, 15) is 0 Å². The average Bonchev–Trinajstić information content (AvgIpc) is 3.19. The predicted molar refractivity (Wildman–Crippen MR) is 129 cm³/mol. The molecule has 1 heterocycles. The second-order valence-electron chi connectivity index (χ2n) is 7.05. The van der Waals surface area contributed by atoms with Gasteiger partial charge in [-0.15, -0.1) is 10.2 Å². The van der Waals surface area contributed by atoms with E-state index in [0.29, 0.717) is 28.2 Å². The number of thioether (sulfide) groups is 1. The number of hydrogen-bond donors (Lipinski definition) is 0. The fourth-order valence-corrected chi connectivity index (χ4v) is 4.34. The number of aromatic nitrogens is 3. The van der Waals surface area contributed by atoms with Crippen molar-refractivity contribution in [3.63, 3.8) is 0 Å². The van der Waals surface area contributed by atoms with Gasteiger partial charge >= 0.3 is 0 Å². The van der Waals surface area contributed by atoms with Crippen molar-refractivity contribution in [3.05, 3.63) is 87.9 Å². The summed E-state index contributed by atoms with van der Waals surface area (Å²) in [6, 6.07) is 21.7. The maximum absolute atomic E-state index is 6.19. The molecule has 0 fully saturated rings. The summed E-state index contributed by atoms with van der Waals surface area (Å²) in [6.07, 6.45) is 0. The first-order valence-corrected chi connectivity index (χ1v) is 11.6. The minimum absolute atomic E-state index is 0.479. The normalized spacial score (nSPS) is 11.0. The summed E-state index contributed by atoms with van der Waals surface area (Å²) in [5.41, 5.74) is 4.53. The molecule has 4 aromatic rings.